The number of carbonyl (C=O) groups excluding carboxylic acids is 1. The van der Waals surface area contributed by atoms with Crippen molar-refractivity contribution >= 4 is 25.0 Å². The second-order valence-corrected chi connectivity index (χ2v) is 7.67. The molecule has 0 saturated carbocycles. The summed E-state index contributed by atoms with van der Waals surface area (Å²) in [6.07, 6.45) is -4.56. The van der Waals surface area contributed by atoms with Crippen LogP contribution in [0, 0.1) is 0 Å². The number of carboxylic acids is 2. The molecule has 0 unspecified atom stereocenters. The van der Waals surface area contributed by atoms with Gasteiger partial charge in [0.25, 0.3) is 0 Å². The summed E-state index contributed by atoms with van der Waals surface area (Å²) in [6, 6.07) is 3.28. The van der Waals surface area contributed by atoms with E-state index in [-0.39, 0.29) is 30.2 Å². The zero-order chi connectivity index (χ0) is 25.1. The second-order valence-electron chi connectivity index (χ2n) is 7.67. The second kappa shape index (κ2) is 9.85. The van der Waals surface area contributed by atoms with Gasteiger partial charge in [-0.1, -0.05) is 6.07 Å². The van der Waals surface area contributed by atoms with Crippen LogP contribution < -0.4 is 15.1 Å². The van der Waals surface area contributed by atoms with Gasteiger partial charge in [-0.05, 0) is 31.3 Å². The van der Waals surface area contributed by atoms with Crippen LogP contribution in [-0.4, -0.2) is 87.7 Å². The molecule has 11 nitrogen and oxygen atoms in total. The van der Waals surface area contributed by atoms with Crippen LogP contribution in [0.3, 0.4) is 0 Å². The lowest BCUT2D eigenvalue weighted by Crippen LogP contribution is -2.64. The van der Waals surface area contributed by atoms with Crippen molar-refractivity contribution in [2.75, 3.05) is 19.7 Å². The number of benzene rings is 1. The monoisotopic (exact) mass is 478 g/mol. The number of carbonyl (C=O) groups is 3. The maximum atomic E-state index is 12.1. The summed E-state index contributed by atoms with van der Waals surface area (Å²) in [4.78, 5) is 34.1. The normalized spacial score (nSPS) is 17.4. The Morgan fingerprint density at radius 3 is 2.33 bits per heavy atom. The number of aliphatic carboxylic acids is 1. The smallest absolute Gasteiger partial charge is 0.522 e. The number of hydrogen-bond donors (Lipinski definition) is 5. The van der Waals surface area contributed by atoms with Crippen LogP contribution in [0.15, 0.2) is 12.1 Å². The highest BCUT2D eigenvalue weighted by atomic mass is 19.4. The topological polar surface area (TPSA) is 180 Å². The molecule has 1 atom stereocenters. The van der Waals surface area contributed by atoms with Crippen molar-refractivity contribution in [3.8, 4) is 11.5 Å². The highest BCUT2D eigenvalue weighted by Crippen LogP contribution is 2.37. The molecular formula is C18H22BF3N2O9. The average Bonchev–Trinajstić information content (AvgIpc) is 2.68. The Hall–Kier alpha value is -3.04. The van der Waals surface area contributed by atoms with E-state index in [1.165, 1.54) is 11.8 Å². The van der Waals surface area contributed by atoms with Crippen LogP contribution in [0.4, 0.5) is 13.2 Å². The molecule has 1 aromatic carbocycles. The third-order valence-corrected chi connectivity index (χ3v) is 4.82. The molecule has 0 spiro atoms. The van der Waals surface area contributed by atoms with Gasteiger partial charge in [-0.3, -0.25) is 4.79 Å². The van der Waals surface area contributed by atoms with Crippen LogP contribution in [0.25, 0.3) is 0 Å². The third-order valence-electron chi connectivity index (χ3n) is 4.82. The van der Waals surface area contributed by atoms with Gasteiger partial charge in [-0.15, -0.1) is 0 Å². The summed E-state index contributed by atoms with van der Waals surface area (Å²) in [5, 5.41) is 35.5. The Morgan fingerprint density at radius 2 is 1.85 bits per heavy atom. The van der Waals surface area contributed by atoms with Gasteiger partial charge in [0.1, 0.15) is 28.7 Å². The molecule has 182 valence electrons. The Kier molecular flexibility index (Phi) is 7.82. The first-order valence-corrected chi connectivity index (χ1v) is 9.57. The van der Waals surface area contributed by atoms with E-state index in [0.29, 0.717) is 18.3 Å². The number of aliphatic hydroxyl groups is 1. The van der Waals surface area contributed by atoms with E-state index < -0.39 is 49.4 Å². The maximum Gasteiger partial charge on any atom is 0.522 e. The average molecular weight is 478 g/mol. The predicted octanol–water partition coefficient (Wildman–Crippen LogP) is -0.267. The summed E-state index contributed by atoms with van der Waals surface area (Å²) >= 11 is 0. The molecule has 0 aromatic heterocycles. The molecule has 1 fully saturated rings. The quantitative estimate of drug-likeness (QED) is 0.354. The van der Waals surface area contributed by atoms with Crippen LogP contribution in [0.5, 0.6) is 11.5 Å². The number of likely N-dealkylation sites (tertiary alicyclic amines) is 1. The van der Waals surface area contributed by atoms with Crippen molar-refractivity contribution in [1.29, 1.82) is 0 Å². The summed E-state index contributed by atoms with van der Waals surface area (Å²) in [5.74, 6) is -4.12. The number of aromatic carboxylic acids is 1. The Labute approximate surface area is 185 Å². The Balaban J connectivity index is 0.000000479. The fourth-order valence-corrected chi connectivity index (χ4v) is 3.00. The van der Waals surface area contributed by atoms with Crippen molar-refractivity contribution in [3.05, 3.63) is 23.3 Å². The van der Waals surface area contributed by atoms with Crippen molar-refractivity contribution in [1.82, 2.24) is 4.90 Å². The first kappa shape index (κ1) is 26.2. The standard InChI is InChI=1S/C16H21BN2O7.C2HF3O2/c1-16(18,8-20)15(23)19-6-10(7-19)25-11-3-2-9-4-5-17(24)26-13(9)12(11)14(21)22;3-2(4,5)1(6)7/h2-3,10,20,24H,4-8,18H2,1H3,(H,21,22);(H,6,7)/t16-;/m0./s1. The van der Waals surface area contributed by atoms with Gasteiger partial charge in [0, 0.05) is 0 Å². The number of alkyl halides is 3. The first-order chi connectivity index (χ1) is 15.2. The molecule has 0 bridgehead atoms. The zero-order valence-electron chi connectivity index (χ0n) is 17.3. The molecule has 15 heteroatoms. The van der Waals surface area contributed by atoms with Crippen LogP contribution >= 0.6 is 0 Å². The highest BCUT2D eigenvalue weighted by molar-refractivity contribution is 6.44. The third kappa shape index (κ3) is 6.27. The molecule has 3 rings (SSSR count). The number of nitrogens with two attached hydrogens (primary N) is 1. The van der Waals surface area contributed by atoms with Gasteiger partial charge in [0.2, 0.25) is 5.91 Å². The van der Waals surface area contributed by atoms with E-state index in [2.05, 4.69) is 0 Å². The Morgan fingerprint density at radius 1 is 1.27 bits per heavy atom. The number of hydrogen-bond acceptors (Lipinski definition) is 8. The van der Waals surface area contributed by atoms with Crippen LogP contribution in [0.2, 0.25) is 6.32 Å². The van der Waals surface area contributed by atoms with Crippen molar-refractivity contribution in [2.45, 2.75) is 37.5 Å². The van der Waals surface area contributed by atoms with Crippen molar-refractivity contribution in [2.24, 2.45) is 5.73 Å². The SMILES string of the molecule is C[C@](N)(CO)C(=O)N1CC(Oc2ccc3c(c2C(=O)O)OB(O)CC3)C1.O=C(O)C(F)(F)F. The highest BCUT2D eigenvalue weighted by Gasteiger charge is 2.41. The number of ether oxygens (including phenoxy) is 1. The maximum absolute atomic E-state index is 12.1. The lowest BCUT2D eigenvalue weighted by atomic mass is 9.78. The van der Waals surface area contributed by atoms with Gasteiger partial charge < -0.3 is 40.4 Å². The first-order valence-electron chi connectivity index (χ1n) is 9.57. The molecule has 1 aromatic rings. The molecule has 6 N–H and O–H groups in total. The number of nitrogens with zero attached hydrogens (tertiary/aromatic N) is 1. The molecule has 0 aliphatic carbocycles. The number of fused-ring (bicyclic) bond motifs is 1. The molecule has 33 heavy (non-hydrogen) atoms. The van der Waals surface area contributed by atoms with Crippen LogP contribution in [-0.2, 0) is 16.0 Å². The lowest BCUT2D eigenvalue weighted by molar-refractivity contribution is -0.192. The Bertz CT molecular complexity index is 920. The van der Waals surface area contributed by atoms with Gasteiger partial charge in [-0.25, -0.2) is 9.59 Å². The fourth-order valence-electron chi connectivity index (χ4n) is 3.00. The molecular weight excluding hydrogens is 456 g/mol. The number of halogens is 3. The number of aliphatic hydroxyl groups excluding tert-OH is 1. The molecule has 0 radical (unpaired) electrons. The summed E-state index contributed by atoms with van der Waals surface area (Å²) in [5.41, 5.74) is 4.93. The lowest BCUT2D eigenvalue weighted by Gasteiger charge is -2.42. The number of rotatable bonds is 5. The van der Waals surface area contributed by atoms with E-state index in [9.17, 15) is 32.9 Å². The summed E-state index contributed by atoms with van der Waals surface area (Å²) in [7, 11) is -1.05. The molecule has 2 aliphatic heterocycles. The minimum atomic E-state index is -5.08. The summed E-state index contributed by atoms with van der Waals surface area (Å²) < 4.78 is 42.8. The largest absolute Gasteiger partial charge is 0.535 e. The van der Waals surface area contributed by atoms with Gasteiger partial charge in [0.05, 0.1) is 19.7 Å². The van der Waals surface area contributed by atoms with Crippen LogP contribution in [0.1, 0.15) is 22.8 Å². The van der Waals surface area contributed by atoms with Gasteiger partial charge in [-0.2, -0.15) is 13.2 Å². The summed E-state index contributed by atoms with van der Waals surface area (Å²) in [6.45, 7) is 1.45. The van der Waals surface area contributed by atoms with Gasteiger partial charge >= 0.3 is 25.2 Å². The molecule has 2 aliphatic rings. The molecule has 2 heterocycles. The zero-order valence-corrected chi connectivity index (χ0v) is 17.3. The number of carboxylic acid groups (broad SMARTS) is 2. The van der Waals surface area contributed by atoms with E-state index >= 15 is 0 Å². The van der Waals surface area contributed by atoms with Gasteiger partial charge in [0.15, 0.2) is 0 Å². The molecule has 1 saturated heterocycles. The predicted molar refractivity (Wildman–Crippen MR) is 105 cm³/mol. The van der Waals surface area contributed by atoms with E-state index in [1.54, 1.807) is 12.1 Å². The minimum Gasteiger partial charge on any atom is -0.535 e. The number of amides is 1. The fraction of sp³-hybridized carbons (Fsp3) is 0.500. The minimum absolute atomic E-state index is 0.121. The number of aryl methyl sites for hydroxylation is 1. The molecule has 1 amide bonds. The van der Waals surface area contributed by atoms with Crippen molar-refractivity contribution in [3.63, 3.8) is 0 Å². The van der Waals surface area contributed by atoms with E-state index in [0.717, 1.165) is 0 Å². The van der Waals surface area contributed by atoms with E-state index in [4.69, 9.17) is 30.1 Å². The van der Waals surface area contributed by atoms with Crippen molar-refractivity contribution < 1.29 is 57.3 Å². The van der Waals surface area contributed by atoms with E-state index in [1.807, 2.05) is 0 Å².